The van der Waals surface area contributed by atoms with E-state index in [4.69, 9.17) is 4.42 Å². The highest BCUT2D eigenvalue weighted by Gasteiger charge is 2.16. The number of nitrogens with one attached hydrogen (secondary N) is 1. The molecule has 4 rings (SSSR count). The van der Waals surface area contributed by atoms with Crippen LogP contribution in [0.5, 0.6) is 0 Å². The van der Waals surface area contributed by atoms with Crippen LogP contribution in [0.4, 0.5) is 9.52 Å². The Balaban J connectivity index is 1.44. The lowest BCUT2D eigenvalue weighted by Crippen LogP contribution is -2.15. The number of benzene rings is 1. The van der Waals surface area contributed by atoms with E-state index in [0.29, 0.717) is 33.7 Å². The highest BCUT2D eigenvalue weighted by molar-refractivity contribution is 7.14. The molecule has 1 aromatic carbocycles. The van der Waals surface area contributed by atoms with E-state index in [1.54, 1.807) is 24.4 Å². The first-order chi connectivity index (χ1) is 13.1. The van der Waals surface area contributed by atoms with Crippen molar-refractivity contribution in [3.63, 3.8) is 0 Å². The molecular weight excluding hydrogens is 385 g/mol. The van der Waals surface area contributed by atoms with Gasteiger partial charge in [-0.3, -0.25) is 4.79 Å². The summed E-state index contributed by atoms with van der Waals surface area (Å²) in [4.78, 5) is 22.0. The molecule has 0 aliphatic heterocycles. The molecule has 0 aliphatic rings. The minimum Gasteiger partial charge on any atom is -0.440 e. The van der Waals surface area contributed by atoms with Gasteiger partial charge in [0.25, 0.3) is 0 Å². The van der Waals surface area contributed by atoms with Gasteiger partial charge in [-0.1, -0.05) is 18.2 Å². The molecule has 0 fully saturated rings. The SMILES string of the molecule is Cc1oc(-c2cccs2)nc1CC(=O)Nc1nc(-c2cccc(F)c2)cs1. The van der Waals surface area contributed by atoms with Crippen molar-refractivity contribution in [1.29, 1.82) is 0 Å². The minimum atomic E-state index is -0.325. The fourth-order valence-corrected chi connectivity index (χ4v) is 3.91. The Morgan fingerprint density at radius 1 is 1.22 bits per heavy atom. The van der Waals surface area contributed by atoms with Crippen LogP contribution in [0.1, 0.15) is 11.5 Å². The average molecular weight is 399 g/mol. The third-order valence-electron chi connectivity index (χ3n) is 3.82. The molecule has 0 spiro atoms. The third kappa shape index (κ3) is 3.96. The first-order valence-corrected chi connectivity index (χ1v) is 9.86. The topological polar surface area (TPSA) is 68.0 Å². The third-order valence-corrected chi connectivity index (χ3v) is 5.44. The summed E-state index contributed by atoms with van der Waals surface area (Å²) in [5.74, 6) is 0.583. The summed E-state index contributed by atoms with van der Waals surface area (Å²) in [6.07, 6.45) is 0.0928. The van der Waals surface area contributed by atoms with Gasteiger partial charge < -0.3 is 9.73 Å². The molecule has 5 nitrogen and oxygen atoms in total. The molecule has 1 N–H and O–H groups in total. The molecule has 4 aromatic rings. The van der Waals surface area contributed by atoms with Crippen LogP contribution in [0.25, 0.3) is 22.0 Å². The molecule has 0 saturated carbocycles. The van der Waals surface area contributed by atoms with Crippen molar-refractivity contribution in [3.8, 4) is 22.0 Å². The molecule has 27 heavy (non-hydrogen) atoms. The molecule has 1 amide bonds. The summed E-state index contributed by atoms with van der Waals surface area (Å²) in [5, 5.41) is 6.94. The van der Waals surface area contributed by atoms with E-state index in [2.05, 4.69) is 15.3 Å². The van der Waals surface area contributed by atoms with Crippen LogP contribution in [0.3, 0.4) is 0 Å². The molecule has 0 saturated heterocycles. The number of aryl methyl sites for hydroxylation is 1. The summed E-state index contributed by atoms with van der Waals surface area (Å²) in [6.45, 7) is 1.79. The lowest BCUT2D eigenvalue weighted by atomic mass is 10.2. The zero-order chi connectivity index (χ0) is 18.8. The largest absolute Gasteiger partial charge is 0.440 e. The number of amides is 1. The summed E-state index contributed by atoms with van der Waals surface area (Å²) in [5.41, 5.74) is 1.88. The maximum absolute atomic E-state index is 13.3. The minimum absolute atomic E-state index is 0.0928. The van der Waals surface area contributed by atoms with Crippen molar-refractivity contribution in [2.75, 3.05) is 5.32 Å². The Morgan fingerprint density at radius 3 is 2.89 bits per heavy atom. The van der Waals surface area contributed by atoms with Gasteiger partial charge in [0.15, 0.2) is 5.13 Å². The fourth-order valence-electron chi connectivity index (χ4n) is 2.52. The normalized spacial score (nSPS) is 10.9. The zero-order valence-electron chi connectivity index (χ0n) is 14.2. The quantitative estimate of drug-likeness (QED) is 0.504. The van der Waals surface area contributed by atoms with Crippen LogP contribution >= 0.6 is 22.7 Å². The molecular formula is C19H14FN3O2S2. The first kappa shape index (κ1) is 17.6. The van der Waals surface area contributed by atoms with Crippen molar-refractivity contribution >= 4 is 33.7 Å². The second-order valence-electron chi connectivity index (χ2n) is 5.77. The standard InChI is InChI=1S/C19H14FN3O2S2/c1-11-14(21-18(25-11)16-6-3-7-26-16)9-17(24)23-19-22-15(10-27-19)12-4-2-5-13(20)8-12/h2-8,10H,9H2,1H3,(H,22,23,24). The highest BCUT2D eigenvalue weighted by Crippen LogP contribution is 2.27. The van der Waals surface area contributed by atoms with Gasteiger partial charge in [0.1, 0.15) is 11.6 Å². The first-order valence-electron chi connectivity index (χ1n) is 8.10. The molecule has 8 heteroatoms. The van der Waals surface area contributed by atoms with Crippen molar-refractivity contribution < 1.29 is 13.6 Å². The van der Waals surface area contributed by atoms with Crippen LogP contribution in [0.15, 0.2) is 51.6 Å². The van der Waals surface area contributed by atoms with Crippen LogP contribution < -0.4 is 5.32 Å². The number of halogens is 1. The van der Waals surface area contributed by atoms with Crippen LogP contribution in [-0.4, -0.2) is 15.9 Å². The summed E-state index contributed by atoms with van der Waals surface area (Å²) >= 11 is 2.82. The molecule has 0 radical (unpaired) electrons. The Kier molecular flexibility index (Phi) is 4.83. The summed E-state index contributed by atoms with van der Waals surface area (Å²) in [6, 6.07) is 10.0. The average Bonchev–Trinajstić information content (AvgIpc) is 3.37. The van der Waals surface area contributed by atoms with Gasteiger partial charge in [-0.05, 0) is 30.5 Å². The van der Waals surface area contributed by atoms with Crippen LogP contribution in [-0.2, 0) is 11.2 Å². The number of rotatable bonds is 5. The van der Waals surface area contributed by atoms with Gasteiger partial charge >= 0.3 is 0 Å². The Labute approximate surface area is 162 Å². The van der Waals surface area contributed by atoms with Crippen molar-refractivity contribution in [2.45, 2.75) is 13.3 Å². The van der Waals surface area contributed by atoms with E-state index in [9.17, 15) is 9.18 Å². The number of hydrogen-bond donors (Lipinski definition) is 1. The van der Waals surface area contributed by atoms with E-state index in [0.717, 1.165) is 4.88 Å². The van der Waals surface area contributed by atoms with E-state index in [-0.39, 0.29) is 18.1 Å². The number of thiophene rings is 1. The number of hydrogen-bond acceptors (Lipinski definition) is 6. The number of carbonyl (C=O) groups is 1. The number of oxazole rings is 1. The summed E-state index contributed by atoms with van der Waals surface area (Å²) < 4.78 is 19.0. The van der Waals surface area contributed by atoms with Crippen LogP contribution in [0.2, 0.25) is 0 Å². The number of carbonyl (C=O) groups excluding carboxylic acids is 1. The van der Waals surface area contributed by atoms with Gasteiger partial charge in [0.05, 0.1) is 22.7 Å². The predicted molar refractivity (Wildman–Crippen MR) is 104 cm³/mol. The van der Waals surface area contributed by atoms with E-state index >= 15 is 0 Å². The molecule has 0 bridgehead atoms. The molecule has 0 unspecified atom stereocenters. The number of thiazole rings is 1. The zero-order valence-corrected chi connectivity index (χ0v) is 15.9. The molecule has 136 valence electrons. The monoisotopic (exact) mass is 399 g/mol. The second kappa shape index (κ2) is 7.42. The lowest BCUT2D eigenvalue weighted by Gasteiger charge is -2.00. The molecule has 0 atom stereocenters. The van der Waals surface area contributed by atoms with E-state index in [1.165, 1.54) is 34.8 Å². The Hall–Kier alpha value is -2.84. The fraction of sp³-hybridized carbons (Fsp3) is 0.105. The van der Waals surface area contributed by atoms with Gasteiger partial charge in [-0.25, -0.2) is 14.4 Å². The van der Waals surface area contributed by atoms with Gasteiger partial charge in [-0.15, -0.1) is 22.7 Å². The van der Waals surface area contributed by atoms with E-state index < -0.39 is 0 Å². The van der Waals surface area contributed by atoms with Crippen molar-refractivity contribution in [2.24, 2.45) is 0 Å². The van der Waals surface area contributed by atoms with Gasteiger partial charge in [-0.2, -0.15) is 0 Å². The van der Waals surface area contributed by atoms with Crippen molar-refractivity contribution in [3.05, 3.63) is 64.4 Å². The molecule has 3 aromatic heterocycles. The molecule has 0 aliphatic carbocycles. The molecule has 3 heterocycles. The second-order valence-corrected chi connectivity index (χ2v) is 7.58. The van der Waals surface area contributed by atoms with Crippen LogP contribution in [0, 0.1) is 12.7 Å². The van der Waals surface area contributed by atoms with E-state index in [1.807, 2.05) is 17.5 Å². The Morgan fingerprint density at radius 2 is 2.11 bits per heavy atom. The van der Waals surface area contributed by atoms with Crippen molar-refractivity contribution in [1.82, 2.24) is 9.97 Å². The summed E-state index contributed by atoms with van der Waals surface area (Å²) in [7, 11) is 0. The maximum atomic E-state index is 13.3. The van der Waals surface area contributed by atoms with Gasteiger partial charge in [0, 0.05) is 10.9 Å². The number of aromatic nitrogens is 2. The lowest BCUT2D eigenvalue weighted by molar-refractivity contribution is -0.115. The maximum Gasteiger partial charge on any atom is 0.236 e. The number of nitrogens with zero attached hydrogens (tertiary/aromatic N) is 2. The highest BCUT2D eigenvalue weighted by atomic mass is 32.1. The smallest absolute Gasteiger partial charge is 0.236 e. The number of anilines is 1. The van der Waals surface area contributed by atoms with Gasteiger partial charge in [0.2, 0.25) is 11.8 Å². The Bertz CT molecular complexity index is 1090. The predicted octanol–water partition coefficient (Wildman–Crippen LogP) is 5.16.